The van der Waals surface area contributed by atoms with Gasteiger partial charge in [0, 0.05) is 24.4 Å². The summed E-state index contributed by atoms with van der Waals surface area (Å²) < 4.78 is 26.6. The van der Waals surface area contributed by atoms with E-state index in [9.17, 15) is 23.3 Å². The highest BCUT2D eigenvalue weighted by atomic mass is 32.2. The molecule has 3 heterocycles. The van der Waals surface area contributed by atoms with Gasteiger partial charge in [-0.2, -0.15) is 4.31 Å². The van der Waals surface area contributed by atoms with Gasteiger partial charge >= 0.3 is 0 Å². The van der Waals surface area contributed by atoms with E-state index in [4.69, 9.17) is 0 Å². The normalized spacial score (nSPS) is 25.5. The number of rotatable bonds is 3. The molecule has 0 radical (unpaired) electrons. The number of non-ortho nitro benzene ring substituents is 1. The van der Waals surface area contributed by atoms with Crippen molar-refractivity contribution in [1.29, 1.82) is 0 Å². The predicted molar refractivity (Wildman–Crippen MR) is 79.8 cm³/mol. The van der Waals surface area contributed by atoms with Crippen molar-refractivity contribution in [1.82, 2.24) is 9.62 Å². The number of nitrogens with one attached hydrogen (secondary N) is 1. The van der Waals surface area contributed by atoms with E-state index in [0.29, 0.717) is 12.2 Å². The zero-order valence-electron chi connectivity index (χ0n) is 11.3. The van der Waals surface area contributed by atoms with Crippen molar-refractivity contribution < 1.29 is 18.1 Å². The summed E-state index contributed by atoms with van der Waals surface area (Å²) in [5, 5.41) is 13.4. The molecule has 1 N–H and O–H groups in total. The minimum atomic E-state index is -3.86. The van der Waals surface area contributed by atoms with E-state index >= 15 is 0 Å². The maximum Gasteiger partial charge on any atom is 0.269 e. The number of nitro groups is 1. The third-order valence-corrected chi connectivity index (χ3v) is 6.86. The number of amides is 1. The quantitative estimate of drug-likeness (QED) is 0.634. The van der Waals surface area contributed by atoms with Crippen molar-refractivity contribution in [3.05, 3.63) is 34.4 Å². The molecule has 1 amide bonds. The van der Waals surface area contributed by atoms with Crippen LogP contribution >= 0.6 is 11.8 Å². The molecule has 10 heteroatoms. The Labute approximate surface area is 131 Å². The van der Waals surface area contributed by atoms with Crippen molar-refractivity contribution in [2.24, 2.45) is 0 Å². The van der Waals surface area contributed by atoms with Gasteiger partial charge in [-0.25, -0.2) is 8.42 Å². The van der Waals surface area contributed by atoms with Gasteiger partial charge < -0.3 is 5.32 Å². The van der Waals surface area contributed by atoms with Gasteiger partial charge in [-0.05, 0) is 18.6 Å². The number of benzene rings is 1. The van der Waals surface area contributed by atoms with E-state index in [2.05, 4.69) is 5.32 Å². The SMILES string of the molecule is O=C1N[C@@H]2CCN(S(=O)(=O)c3ccc([N+](=O)[O-])cc3)[C@H]1CS2. The van der Waals surface area contributed by atoms with Crippen molar-refractivity contribution in [3.8, 4) is 0 Å². The topological polar surface area (TPSA) is 110 Å². The average molecular weight is 343 g/mol. The first-order chi connectivity index (χ1) is 10.4. The molecule has 8 nitrogen and oxygen atoms in total. The number of hydrogen-bond acceptors (Lipinski definition) is 6. The van der Waals surface area contributed by atoms with Gasteiger partial charge in [0.2, 0.25) is 15.9 Å². The Morgan fingerprint density at radius 2 is 2.00 bits per heavy atom. The van der Waals surface area contributed by atoms with Crippen LogP contribution in [0.25, 0.3) is 0 Å². The number of nitrogens with zero attached hydrogens (tertiary/aromatic N) is 2. The molecule has 0 spiro atoms. The van der Waals surface area contributed by atoms with Crippen LogP contribution in [-0.4, -0.2) is 47.3 Å². The third kappa shape index (κ3) is 2.57. The van der Waals surface area contributed by atoms with Crippen LogP contribution < -0.4 is 5.32 Å². The maximum atomic E-state index is 12.7. The molecule has 2 atom stereocenters. The summed E-state index contributed by atoms with van der Waals surface area (Å²) in [6, 6.07) is 3.98. The molecule has 0 aliphatic carbocycles. The molecule has 118 valence electrons. The van der Waals surface area contributed by atoms with E-state index < -0.39 is 21.0 Å². The molecular formula is C12H13N3O5S2. The molecule has 22 heavy (non-hydrogen) atoms. The van der Waals surface area contributed by atoms with Gasteiger partial charge in [-0.1, -0.05) is 0 Å². The molecule has 3 aliphatic heterocycles. The van der Waals surface area contributed by atoms with Crippen LogP contribution in [0, 0.1) is 10.1 Å². The van der Waals surface area contributed by atoms with Crippen LogP contribution in [0.4, 0.5) is 5.69 Å². The number of fused-ring (bicyclic) bond motifs is 4. The lowest BCUT2D eigenvalue weighted by molar-refractivity contribution is -0.384. The zero-order chi connectivity index (χ0) is 15.9. The first-order valence-corrected chi connectivity index (χ1v) is 9.07. The summed E-state index contributed by atoms with van der Waals surface area (Å²) in [7, 11) is -3.86. The third-order valence-electron chi connectivity index (χ3n) is 3.67. The average Bonchev–Trinajstić information content (AvgIpc) is 2.79. The molecule has 0 aromatic heterocycles. The van der Waals surface area contributed by atoms with Gasteiger partial charge in [0.1, 0.15) is 6.04 Å². The number of hydrogen-bond donors (Lipinski definition) is 1. The smallest absolute Gasteiger partial charge is 0.269 e. The molecule has 0 unspecified atom stereocenters. The first-order valence-electron chi connectivity index (χ1n) is 6.58. The highest BCUT2D eigenvalue weighted by molar-refractivity contribution is 8.00. The lowest BCUT2D eigenvalue weighted by Gasteiger charge is -2.29. The van der Waals surface area contributed by atoms with Crippen LogP contribution in [0.1, 0.15) is 6.42 Å². The Hall–Kier alpha value is -1.65. The molecule has 3 aliphatic rings. The fraction of sp³-hybridized carbons (Fsp3) is 0.417. The lowest BCUT2D eigenvalue weighted by atomic mass is 10.3. The Morgan fingerprint density at radius 1 is 1.32 bits per heavy atom. The number of sulfonamides is 1. The highest BCUT2D eigenvalue weighted by Crippen LogP contribution is 2.31. The Balaban J connectivity index is 1.94. The molecule has 3 saturated heterocycles. The minimum Gasteiger partial charge on any atom is -0.343 e. The fourth-order valence-corrected chi connectivity index (χ4v) is 5.43. The lowest BCUT2D eigenvalue weighted by Crippen LogP contribution is -2.51. The van der Waals surface area contributed by atoms with E-state index in [0.717, 1.165) is 12.1 Å². The minimum absolute atomic E-state index is 0.0405. The molecule has 2 bridgehead atoms. The van der Waals surface area contributed by atoms with Crippen LogP contribution in [0.15, 0.2) is 29.2 Å². The van der Waals surface area contributed by atoms with Gasteiger partial charge in [-0.3, -0.25) is 14.9 Å². The van der Waals surface area contributed by atoms with E-state index in [1.54, 1.807) is 0 Å². The van der Waals surface area contributed by atoms with Gasteiger partial charge in [0.25, 0.3) is 5.69 Å². The molecular weight excluding hydrogens is 330 g/mol. The van der Waals surface area contributed by atoms with Crippen molar-refractivity contribution in [2.75, 3.05) is 12.3 Å². The van der Waals surface area contributed by atoms with Gasteiger partial charge in [0.15, 0.2) is 0 Å². The van der Waals surface area contributed by atoms with Crippen molar-refractivity contribution in [2.45, 2.75) is 22.7 Å². The molecule has 3 fully saturated rings. The number of thioether (sulfide) groups is 1. The largest absolute Gasteiger partial charge is 0.343 e. The van der Waals surface area contributed by atoms with Crippen LogP contribution in [0.3, 0.4) is 0 Å². The highest BCUT2D eigenvalue weighted by Gasteiger charge is 2.42. The first kappa shape index (κ1) is 15.3. The van der Waals surface area contributed by atoms with Crippen molar-refractivity contribution in [3.63, 3.8) is 0 Å². The van der Waals surface area contributed by atoms with Crippen LogP contribution in [0.5, 0.6) is 0 Å². The second kappa shape index (κ2) is 5.52. The summed E-state index contributed by atoms with van der Waals surface area (Å²) in [6.07, 6.45) is 0.541. The van der Waals surface area contributed by atoms with Gasteiger partial charge in [-0.15, -0.1) is 11.8 Å². The number of carbonyl (C=O) groups is 1. The molecule has 1 aromatic carbocycles. The monoisotopic (exact) mass is 343 g/mol. The van der Waals surface area contributed by atoms with E-state index in [1.807, 2.05) is 0 Å². The van der Waals surface area contributed by atoms with Crippen LogP contribution in [-0.2, 0) is 14.8 Å². The van der Waals surface area contributed by atoms with E-state index in [-0.39, 0.29) is 28.4 Å². The second-order valence-electron chi connectivity index (χ2n) is 5.00. The van der Waals surface area contributed by atoms with E-state index in [1.165, 1.54) is 28.2 Å². The summed E-state index contributed by atoms with van der Waals surface area (Å²) in [5.41, 5.74) is -0.177. The Morgan fingerprint density at radius 3 is 2.59 bits per heavy atom. The van der Waals surface area contributed by atoms with Crippen LogP contribution in [0.2, 0.25) is 0 Å². The zero-order valence-corrected chi connectivity index (χ0v) is 13.0. The van der Waals surface area contributed by atoms with Gasteiger partial charge in [0.05, 0.1) is 15.2 Å². The van der Waals surface area contributed by atoms with Crippen molar-refractivity contribution >= 4 is 33.4 Å². The number of carbonyl (C=O) groups excluding carboxylic acids is 1. The molecule has 1 aromatic rings. The predicted octanol–water partition coefficient (Wildman–Crippen LogP) is 0.547. The molecule has 0 saturated carbocycles. The summed E-state index contributed by atoms with van der Waals surface area (Å²) in [4.78, 5) is 22.0. The molecule has 4 rings (SSSR count). The maximum absolute atomic E-state index is 12.7. The second-order valence-corrected chi connectivity index (χ2v) is 8.13. The standard InChI is InChI=1S/C12H13N3O5S2/c16-12-10-7-21-11(13-12)5-6-14(10)22(19,20)9-3-1-8(2-4-9)15(17)18/h1-4,10-11H,5-7H2,(H,13,16)/t10-,11-/m0/s1. The Kier molecular flexibility index (Phi) is 3.83. The fourth-order valence-electron chi connectivity index (χ4n) is 2.51. The summed E-state index contributed by atoms with van der Waals surface area (Å²) in [6.45, 7) is 0.250. The summed E-state index contributed by atoms with van der Waals surface area (Å²) >= 11 is 1.53. The number of nitro benzene ring substituents is 1. The Bertz CT molecular complexity index is 719. The summed E-state index contributed by atoms with van der Waals surface area (Å²) in [5.74, 6) is 0.134.